The second kappa shape index (κ2) is 3.95. The minimum Gasteiger partial charge on any atom is -0.493 e. The van der Waals surface area contributed by atoms with Crippen molar-refractivity contribution >= 4 is 0 Å². The summed E-state index contributed by atoms with van der Waals surface area (Å²) in [7, 11) is 3.25. The Morgan fingerprint density at radius 1 is 1.33 bits per heavy atom. The maximum Gasteiger partial charge on any atom is 0.182 e. The SMILES string of the molecule is CCc1nccc(OC)c1OC. The first-order valence-corrected chi connectivity index (χ1v) is 3.89. The molecule has 0 saturated heterocycles. The molecule has 0 atom stereocenters. The smallest absolute Gasteiger partial charge is 0.182 e. The first-order chi connectivity index (χ1) is 5.83. The third kappa shape index (κ3) is 1.49. The third-order valence-electron chi connectivity index (χ3n) is 1.70. The Morgan fingerprint density at radius 3 is 2.58 bits per heavy atom. The first-order valence-electron chi connectivity index (χ1n) is 3.89. The van der Waals surface area contributed by atoms with Crippen molar-refractivity contribution in [2.24, 2.45) is 0 Å². The predicted molar refractivity (Wildman–Crippen MR) is 46.7 cm³/mol. The van der Waals surface area contributed by atoms with Crippen molar-refractivity contribution in [2.75, 3.05) is 14.2 Å². The van der Waals surface area contributed by atoms with Gasteiger partial charge < -0.3 is 9.47 Å². The van der Waals surface area contributed by atoms with E-state index in [4.69, 9.17) is 9.47 Å². The van der Waals surface area contributed by atoms with Gasteiger partial charge in [0.25, 0.3) is 0 Å². The molecule has 1 aromatic heterocycles. The summed E-state index contributed by atoms with van der Waals surface area (Å²) in [5.41, 5.74) is 0.928. The molecule has 0 fully saturated rings. The molecule has 12 heavy (non-hydrogen) atoms. The van der Waals surface area contributed by atoms with Gasteiger partial charge in [0.2, 0.25) is 0 Å². The molecule has 0 radical (unpaired) electrons. The fraction of sp³-hybridized carbons (Fsp3) is 0.444. The number of aromatic nitrogens is 1. The van der Waals surface area contributed by atoms with Gasteiger partial charge in [-0.3, -0.25) is 4.98 Å². The van der Waals surface area contributed by atoms with Gasteiger partial charge in [-0.25, -0.2) is 0 Å². The van der Waals surface area contributed by atoms with Crippen LogP contribution in [0.3, 0.4) is 0 Å². The minimum absolute atomic E-state index is 0.738. The normalized spacial score (nSPS) is 9.58. The van der Waals surface area contributed by atoms with E-state index in [1.807, 2.05) is 6.92 Å². The molecule has 0 aliphatic rings. The largest absolute Gasteiger partial charge is 0.493 e. The number of methoxy groups -OCH3 is 2. The van der Waals surface area contributed by atoms with E-state index in [0.29, 0.717) is 0 Å². The van der Waals surface area contributed by atoms with Gasteiger partial charge in [-0.2, -0.15) is 0 Å². The van der Waals surface area contributed by atoms with Crippen molar-refractivity contribution in [3.8, 4) is 11.5 Å². The maximum absolute atomic E-state index is 5.17. The summed E-state index contributed by atoms with van der Waals surface area (Å²) in [6.07, 6.45) is 2.57. The van der Waals surface area contributed by atoms with Crippen molar-refractivity contribution in [2.45, 2.75) is 13.3 Å². The molecule has 3 heteroatoms. The number of rotatable bonds is 3. The van der Waals surface area contributed by atoms with E-state index < -0.39 is 0 Å². The van der Waals surface area contributed by atoms with Crippen LogP contribution < -0.4 is 9.47 Å². The summed E-state index contributed by atoms with van der Waals surface area (Å²) >= 11 is 0. The number of hydrogen-bond acceptors (Lipinski definition) is 3. The Balaban J connectivity index is 3.13. The summed E-state index contributed by atoms with van der Waals surface area (Å²) in [6.45, 7) is 2.03. The minimum atomic E-state index is 0.738. The van der Waals surface area contributed by atoms with Gasteiger partial charge in [-0.1, -0.05) is 6.92 Å². The van der Waals surface area contributed by atoms with Crippen molar-refractivity contribution in [1.82, 2.24) is 4.98 Å². The lowest BCUT2D eigenvalue weighted by molar-refractivity contribution is 0.349. The van der Waals surface area contributed by atoms with Gasteiger partial charge in [0.1, 0.15) is 0 Å². The Labute approximate surface area is 72.3 Å². The highest BCUT2D eigenvalue weighted by Crippen LogP contribution is 2.28. The van der Waals surface area contributed by atoms with Crippen LogP contribution >= 0.6 is 0 Å². The van der Waals surface area contributed by atoms with Gasteiger partial charge in [0.15, 0.2) is 11.5 Å². The van der Waals surface area contributed by atoms with Crippen LogP contribution in [0.25, 0.3) is 0 Å². The second-order valence-corrected chi connectivity index (χ2v) is 2.35. The molecule has 1 rings (SSSR count). The summed E-state index contributed by atoms with van der Waals surface area (Å²) in [5, 5.41) is 0. The van der Waals surface area contributed by atoms with Gasteiger partial charge >= 0.3 is 0 Å². The lowest BCUT2D eigenvalue weighted by atomic mass is 10.2. The van der Waals surface area contributed by atoms with Crippen LogP contribution in [0.1, 0.15) is 12.6 Å². The van der Waals surface area contributed by atoms with E-state index in [2.05, 4.69) is 4.98 Å². The Morgan fingerprint density at radius 2 is 2.08 bits per heavy atom. The zero-order chi connectivity index (χ0) is 8.97. The average molecular weight is 167 g/mol. The summed E-state index contributed by atoms with van der Waals surface area (Å²) in [6, 6.07) is 1.79. The van der Waals surface area contributed by atoms with Crippen LogP contribution in [0.2, 0.25) is 0 Å². The molecular formula is C9H13NO2. The molecular weight excluding hydrogens is 154 g/mol. The molecule has 0 amide bonds. The van der Waals surface area contributed by atoms with Crippen LogP contribution in [-0.2, 0) is 6.42 Å². The van der Waals surface area contributed by atoms with E-state index in [1.165, 1.54) is 0 Å². The van der Waals surface area contributed by atoms with Crippen molar-refractivity contribution in [3.63, 3.8) is 0 Å². The monoisotopic (exact) mass is 167 g/mol. The van der Waals surface area contributed by atoms with Gasteiger partial charge in [-0.15, -0.1) is 0 Å². The number of nitrogens with zero attached hydrogens (tertiary/aromatic N) is 1. The molecule has 0 bridgehead atoms. The number of aryl methyl sites for hydroxylation is 1. The van der Waals surface area contributed by atoms with Gasteiger partial charge in [0.05, 0.1) is 19.9 Å². The highest BCUT2D eigenvalue weighted by atomic mass is 16.5. The van der Waals surface area contributed by atoms with Crippen LogP contribution in [-0.4, -0.2) is 19.2 Å². The second-order valence-electron chi connectivity index (χ2n) is 2.35. The molecule has 1 aromatic rings. The molecule has 3 nitrogen and oxygen atoms in total. The highest BCUT2D eigenvalue weighted by Gasteiger charge is 2.07. The summed E-state index contributed by atoms with van der Waals surface area (Å²) in [4.78, 5) is 4.17. The van der Waals surface area contributed by atoms with Crippen LogP contribution in [0.15, 0.2) is 12.3 Å². The van der Waals surface area contributed by atoms with Crippen molar-refractivity contribution in [1.29, 1.82) is 0 Å². The van der Waals surface area contributed by atoms with Crippen LogP contribution in [0, 0.1) is 0 Å². The average Bonchev–Trinajstić information content (AvgIpc) is 2.16. The topological polar surface area (TPSA) is 31.4 Å². The van der Waals surface area contributed by atoms with Gasteiger partial charge in [-0.05, 0) is 6.42 Å². The highest BCUT2D eigenvalue weighted by molar-refractivity contribution is 5.42. The van der Waals surface area contributed by atoms with Crippen LogP contribution in [0.5, 0.6) is 11.5 Å². The standard InChI is InChI=1S/C9H13NO2/c1-4-7-9(12-3)8(11-2)5-6-10-7/h5-6H,4H2,1-3H3. The fourth-order valence-electron chi connectivity index (χ4n) is 1.10. The van der Waals surface area contributed by atoms with Crippen molar-refractivity contribution in [3.05, 3.63) is 18.0 Å². The Kier molecular flexibility index (Phi) is 2.91. The number of ether oxygens (including phenoxy) is 2. The van der Waals surface area contributed by atoms with E-state index in [0.717, 1.165) is 23.6 Å². The quantitative estimate of drug-likeness (QED) is 0.686. The third-order valence-corrected chi connectivity index (χ3v) is 1.70. The number of hydrogen-bond donors (Lipinski definition) is 0. The molecule has 0 unspecified atom stereocenters. The predicted octanol–water partition coefficient (Wildman–Crippen LogP) is 1.66. The Hall–Kier alpha value is -1.25. The lowest BCUT2D eigenvalue weighted by Crippen LogP contribution is -1.97. The zero-order valence-electron chi connectivity index (χ0n) is 7.63. The van der Waals surface area contributed by atoms with E-state index >= 15 is 0 Å². The molecule has 66 valence electrons. The Bertz CT molecular complexity index is 238. The molecule has 0 saturated carbocycles. The lowest BCUT2D eigenvalue weighted by Gasteiger charge is -2.09. The molecule has 0 aliphatic heterocycles. The first kappa shape index (κ1) is 8.84. The van der Waals surface area contributed by atoms with Gasteiger partial charge in [0, 0.05) is 12.3 Å². The van der Waals surface area contributed by atoms with E-state index in [-0.39, 0.29) is 0 Å². The molecule has 1 heterocycles. The van der Waals surface area contributed by atoms with Crippen molar-refractivity contribution < 1.29 is 9.47 Å². The zero-order valence-corrected chi connectivity index (χ0v) is 7.63. The number of pyridine rings is 1. The molecule has 0 spiro atoms. The van der Waals surface area contributed by atoms with E-state index in [1.54, 1.807) is 26.5 Å². The summed E-state index contributed by atoms with van der Waals surface area (Å²) < 4.78 is 10.3. The van der Waals surface area contributed by atoms with E-state index in [9.17, 15) is 0 Å². The summed E-state index contributed by atoms with van der Waals surface area (Å²) in [5.74, 6) is 1.48. The molecule has 0 aliphatic carbocycles. The maximum atomic E-state index is 5.17. The fourth-order valence-corrected chi connectivity index (χ4v) is 1.10. The van der Waals surface area contributed by atoms with Crippen LogP contribution in [0.4, 0.5) is 0 Å². The molecule has 0 N–H and O–H groups in total. The molecule has 0 aromatic carbocycles.